The standard InChI is InChI=1S/C18H26N6O2/c1-22-15-10-19-12-20-16(15)24(18(22)26)14-8-5-9-23(11-14)17(25)21-13-6-3-2-4-7-13/h10,12-14H,2-9,11H2,1H3,(H,21,25)/t14-/m0/s1. The lowest BCUT2D eigenvalue weighted by Crippen LogP contribution is -2.50. The van der Waals surface area contributed by atoms with Crippen LogP contribution in [0, 0.1) is 0 Å². The summed E-state index contributed by atoms with van der Waals surface area (Å²) in [5.74, 6) is 0. The second kappa shape index (κ2) is 7.09. The van der Waals surface area contributed by atoms with Crippen LogP contribution in [-0.2, 0) is 7.05 Å². The Bertz CT molecular complexity index is 851. The van der Waals surface area contributed by atoms with Gasteiger partial charge in [0.25, 0.3) is 0 Å². The van der Waals surface area contributed by atoms with Crippen LogP contribution < -0.4 is 11.0 Å². The highest BCUT2D eigenvalue weighted by Gasteiger charge is 2.29. The molecule has 2 aliphatic rings. The second-order valence-corrected chi connectivity index (χ2v) is 7.47. The molecule has 1 saturated heterocycles. The molecule has 2 aromatic heterocycles. The molecule has 2 amide bonds. The van der Waals surface area contributed by atoms with Crippen molar-refractivity contribution >= 4 is 17.2 Å². The number of rotatable bonds is 2. The number of imidazole rings is 1. The molecule has 0 bridgehead atoms. The normalized spacial score (nSPS) is 21.9. The molecule has 4 rings (SSSR count). The quantitative estimate of drug-likeness (QED) is 0.887. The fraction of sp³-hybridized carbons (Fsp3) is 0.667. The number of piperidine rings is 1. The van der Waals surface area contributed by atoms with Crippen molar-refractivity contribution in [1.82, 2.24) is 29.3 Å². The number of hydrogen-bond donors (Lipinski definition) is 1. The number of hydrogen-bond acceptors (Lipinski definition) is 4. The Morgan fingerprint density at radius 2 is 2.00 bits per heavy atom. The van der Waals surface area contributed by atoms with Crippen LogP contribution in [0.4, 0.5) is 4.79 Å². The van der Waals surface area contributed by atoms with Crippen molar-refractivity contribution in [3.05, 3.63) is 23.0 Å². The van der Waals surface area contributed by atoms with Crippen molar-refractivity contribution < 1.29 is 4.79 Å². The number of aromatic nitrogens is 4. The van der Waals surface area contributed by atoms with Gasteiger partial charge in [-0.2, -0.15) is 0 Å². The number of carbonyl (C=O) groups is 1. The summed E-state index contributed by atoms with van der Waals surface area (Å²) < 4.78 is 3.31. The van der Waals surface area contributed by atoms with E-state index in [9.17, 15) is 9.59 Å². The average Bonchev–Trinajstić information content (AvgIpc) is 2.94. The predicted molar refractivity (Wildman–Crippen MR) is 98.0 cm³/mol. The summed E-state index contributed by atoms with van der Waals surface area (Å²) in [7, 11) is 1.74. The Kier molecular flexibility index (Phi) is 4.65. The summed E-state index contributed by atoms with van der Waals surface area (Å²) in [6, 6.07) is 0.251. The molecule has 0 spiro atoms. The van der Waals surface area contributed by atoms with Gasteiger partial charge in [0, 0.05) is 26.2 Å². The topological polar surface area (TPSA) is 85.0 Å². The highest BCUT2D eigenvalue weighted by Crippen LogP contribution is 2.24. The smallest absolute Gasteiger partial charge is 0.330 e. The van der Waals surface area contributed by atoms with Crippen molar-refractivity contribution in [3.8, 4) is 0 Å². The average molecular weight is 358 g/mol. The summed E-state index contributed by atoms with van der Waals surface area (Å²) in [5.41, 5.74) is 1.27. The van der Waals surface area contributed by atoms with Gasteiger partial charge in [0.15, 0.2) is 5.65 Å². The third-order valence-electron chi connectivity index (χ3n) is 5.74. The zero-order chi connectivity index (χ0) is 18.1. The van der Waals surface area contributed by atoms with Gasteiger partial charge in [0.1, 0.15) is 11.8 Å². The Balaban J connectivity index is 1.53. The Morgan fingerprint density at radius 1 is 1.19 bits per heavy atom. The number of urea groups is 1. The van der Waals surface area contributed by atoms with Crippen LogP contribution in [0.2, 0.25) is 0 Å². The van der Waals surface area contributed by atoms with Gasteiger partial charge in [-0.1, -0.05) is 19.3 Å². The van der Waals surface area contributed by atoms with Crippen LogP contribution in [-0.4, -0.2) is 49.2 Å². The molecular formula is C18H26N6O2. The Hall–Kier alpha value is -2.38. The third-order valence-corrected chi connectivity index (χ3v) is 5.74. The van der Waals surface area contributed by atoms with E-state index >= 15 is 0 Å². The summed E-state index contributed by atoms with van der Waals surface area (Å²) >= 11 is 0. The summed E-state index contributed by atoms with van der Waals surface area (Å²) in [6.07, 6.45) is 10.7. The van der Waals surface area contributed by atoms with E-state index in [0.29, 0.717) is 18.2 Å². The zero-order valence-electron chi connectivity index (χ0n) is 15.2. The van der Waals surface area contributed by atoms with Crippen molar-refractivity contribution in [2.75, 3.05) is 13.1 Å². The van der Waals surface area contributed by atoms with E-state index in [1.54, 1.807) is 22.4 Å². The molecule has 1 atom stereocenters. The van der Waals surface area contributed by atoms with Crippen LogP contribution in [0.1, 0.15) is 51.0 Å². The lowest BCUT2D eigenvalue weighted by atomic mass is 9.95. The fourth-order valence-corrected chi connectivity index (χ4v) is 4.29. The first-order valence-corrected chi connectivity index (χ1v) is 9.57. The van der Waals surface area contributed by atoms with E-state index in [1.807, 2.05) is 4.90 Å². The van der Waals surface area contributed by atoms with Crippen molar-refractivity contribution in [2.24, 2.45) is 7.05 Å². The maximum atomic E-state index is 12.7. The van der Waals surface area contributed by atoms with Gasteiger partial charge < -0.3 is 10.2 Å². The van der Waals surface area contributed by atoms with Crippen LogP contribution in [0.5, 0.6) is 0 Å². The molecule has 8 heteroatoms. The molecule has 2 aromatic rings. The van der Waals surface area contributed by atoms with Crippen molar-refractivity contribution in [3.63, 3.8) is 0 Å². The van der Waals surface area contributed by atoms with Gasteiger partial charge in [-0.05, 0) is 25.7 Å². The van der Waals surface area contributed by atoms with E-state index in [2.05, 4.69) is 15.3 Å². The summed E-state index contributed by atoms with van der Waals surface area (Å²) in [6.45, 7) is 1.28. The van der Waals surface area contributed by atoms with Gasteiger partial charge in [-0.25, -0.2) is 19.6 Å². The molecule has 1 aliphatic heterocycles. The molecule has 0 unspecified atom stereocenters. The van der Waals surface area contributed by atoms with E-state index in [-0.39, 0.29) is 17.8 Å². The van der Waals surface area contributed by atoms with Gasteiger partial charge in [0.2, 0.25) is 0 Å². The predicted octanol–water partition coefficient (Wildman–Crippen LogP) is 1.81. The number of nitrogens with zero attached hydrogens (tertiary/aromatic N) is 5. The second-order valence-electron chi connectivity index (χ2n) is 7.47. The van der Waals surface area contributed by atoms with Crippen LogP contribution in [0.3, 0.4) is 0 Å². The molecular weight excluding hydrogens is 332 g/mol. The lowest BCUT2D eigenvalue weighted by molar-refractivity contribution is 0.161. The van der Waals surface area contributed by atoms with Crippen molar-refractivity contribution in [2.45, 2.75) is 57.0 Å². The molecule has 1 aliphatic carbocycles. The Labute approximate surface area is 152 Å². The number of carbonyl (C=O) groups excluding carboxylic acids is 1. The minimum atomic E-state index is -0.0972. The van der Waals surface area contributed by atoms with Crippen LogP contribution in [0.15, 0.2) is 17.3 Å². The maximum absolute atomic E-state index is 12.7. The molecule has 0 radical (unpaired) electrons. The highest BCUT2D eigenvalue weighted by atomic mass is 16.2. The Morgan fingerprint density at radius 3 is 2.81 bits per heavy atom. The number of fused-ring (bicyclic) bond motifs is 1. The molecule has 3 heterocycles. The van der Waals surface area contributed by atoms with Gasteiger partial charge in [-0.15, -0.1) is 0 Å². The van der Waals surface area contributed by atoms with E-state index in [1.165, 1.54) is 25.6 Å². The molecule has 2 fully saturated rings. The molecule has 8 nitrogen and oxygen atoms in total. The molecule has 0 aromatic carbocycles. The fourth-order valence-electron chi connectivity index (χ4n) is 4.29. The largest absolute Gasteiger partial charge is 0.335 e. The van der Waals surface area contributed by atoms with E-state index < -0.39 is 0 Å². The molecule has 1 saturated carbocycles. The highest BCUT2D eigenvalue weighted by molar-refractivity contribution is 5.75. The first-order chi connectivity index (χ1) is 12.6. The zero-order valence-corrected chi connectivity index (χ0v) is 15.2. The van der Waals surface area contributed by atoms with Gasteiger partial charge in [-0.3, -0.25) is 9.13 Å². The maximum Gasteiger partial charge on any atom is 0.330 e. The minimum absolute atomic E-state index is 0.00418. The third kappa shape index (κ3) is 3.08. The number of amides is 2. The minimum Gasteiger partial charge on any atom is -0.335 e. The molecule has 26 heavy (non-hydrogen) atoms. The monoisotopic (exact) mass is 358 g/mol. The van der Waals surface area contributed by atoms with Gasteiger partial charge >= 0.3 is 11.7 Å². The first kappa shape index (κ1) is 17.1. The SMILES string of the molecule is Cn1c(=O)n([C@H]2CCCN(C(=O)NC3CCCCC3)C2)c2ncncc21. The summed E-state index contributed by atoms with van der Waals surface area (Å²) in [5, 5.41) is 3.19. The van der Waals surface area contributed by atoms with Gasteiger partial charge in [0.05, 0.1) is 12.2 Å². The lowest BCUT2D eigenvalue weighted by Gasteiger charge is -2.34. The van der Waals surface area contributed by atoms with Crippen LogP contribution in [0.25, 0.3) is 11.2 Å². The number of nitrogens with one attached hydrogen (secondary N) is 1. The molecule has 140 valence electrons. The van der Waals surface area contributed by atoms with E-state index in [0.717, 1.165) is 37.7 Å². The van der Waals surface area contributed by atoms with Crippen molar-refractivity contribution in [1.29, 1.82) is 0 Å². The number of likely N-dealkylation sites (tertiary alicyclic amines) is 1. The number of aryl methyl sites for hydroxylation is 1. The van der Waals surface area contributed by atoms with Crippen LogP contribution >= 0.6 is 0 Å². The molecule has 1 N–H and O–H groups in total. The summed E-state index contributed by atoms with van der Waals surface area (Å²) in [4.78, 5) is 35.6. The first-order valence-electron chi connectivity index (χ1n) is 9.57. The van der Waals surface area contributed by atoms with E-state index in [4.69, 9.17) is 0 Å².